The van der Waals surface area contributed by atoms with Crippen molar-refractivity contribution in [3.05, 3.63) is 0 Å². The fraction of sp³-hybridized carbons (Fsp3) is 1.00. The zero-order valence-corrected chi connectivity index (χ0v) is 14.4. The van der Waals surface area contributed by atoms with Gasteiger partial charge in [-0.1, -0.05) is 6.55 Å². The minimum atomic E-state index is -1.48. The third kappa shape index (κ3) is 6.94. The normalized spacial score (nSPS) is 15.4. The first-order valence-electron chi connectivity index (χ1n) is 5.38. The van der Waals surface area contributed by atoms with Crippen molar-refractivity contribution in [3.8, 4) is 0 Å². The molecule has 0 saturated heterocycles. The molecular formula is C9H26O2Si3. The van der Waals surface area contributed by atoms with E-state index in [0.29, 0.717) is 0 Å². The van der Waals surface area contributed by atoms with E-state index in [4.69, 9.17) is 8.85 Å². The van der Waals surface area contributed by atoms with E-state index in [1.54, 1.807) is 0 Å². The molecule has 0 spiro atoms. The molecule has 0 unspecified atom stereocenters. The first kappa shape index (κ1) is 14.6. The molecule has 14 heavy (non-hydrogen) atoms. The fourth-order valence-corrected chi connectivity index (χ4v) is 7.97. The van der Waals surface area contributed by atoms with Gasteiger partial charge in [0.2, 0.25) is 0 Å². The zero-order chi connectivity index (χ0) is 11.6. The highest BCUT2D eigenvalue weighted by atomic mass is 28.4. The average Bonchev–Trinajstić information content (AvgIpc) is 1.78. The quantitative estimate of drug-likeness (QED) is 0.552. The average molecular weight is 251 g/mol. The van der Waals surface area contributed by atoms with Crippen LogP contribution in [0.4, 0.5) is 0 Å². The Hall–Kier alpha value is 0.571. The molecule has 0 amide bonds. The molecular weight excluding hydrogens is 224 g/mol. The molecule has 0 atom stereocenters. The topological polar surface area (TPSA) is 18.5 Å². The maximum atomic E-state index is 6.16. The Bertz CT molecular complexity index is 165. The van der Waals surface area contributed by atoms with Crippen LogP contribution in [0.25, 0.3) is 0 Å². The molecule has 0 N–H and O–H groups in total. The summed E-state index contributed by atoms with van der Waals surface area (Å²) < 4.78 is 12.3. The monoisotopic (exact) mass is 250 g/mol. The smallest absolute Gasteiger partial charge is 0.187 e. The molecule has 0 radical (unpaired) electrons. The van der Waals surface area contributed by atoms with Crippen LogP contribution in [0.5, 0.6) is 0 Å². The SMILES string of the molecule is C[SiH2]C(C)(O[Si](C)(C)C)O[Si](C)(C)C. The highest BCUT2D eigenvalue weighted by Crippen LogP contribution is 2.22. The van der Waals surface area contributed by atoms with Gasteiger partial charge in [-0.15, -0.1) is 0 Å². The van der Waals surface area contributed by atoms with Crippen molar-refractivity contribution in [1.82, 2.24) is 0 Å². The summed E-state index contributed by atoms with van der Waals surface area (Å²) in [5.41, 5.74) is -0.227. The number of hydrogen-bond donors (Lipinski definition) is 0. The molecule has 5 heteroatoms. The Kier molecular flexibility index (Phi) is 4.80. The van der Waals surface area contributed by atoms with Crippen molar-refractivity contribution in [3.63, 3.8) is 0 Å². The van der Waals surface area contributed by atoms with E-state index in [0.717, 1.165) is 0 Å². The van der Waals surface area contributed by atoms with Crippen LogP contribution in [0.3, 0.4) is 0 Å². The summed E-state index contributed by atoms with van der Waals surface area (Å²) in [6, 6.07) is 0. The first-order chi connectivity index (χ1) is 5.97. The molecule has 0 aromatic rings. The summed E-state index contributed by atoms with van der Waals surface area (Å²) in [4.78, 5) is 0. The minimum Gasteiger partial charge on any atom is -0.395 e. The van der Waals surface area contributed by atoms with Gasteiger partial charge in [0.15, 0.2) is 16.6 Å². The number of hydrogen-bond acceptors (Lipinski definition) is 2. The molecule has 0 saturated carbocycles. The second kappa shape index (κ2) is 4.61. The van der Waals surface area contributed by atoms with Crippen molar-refractivity contribution < 1.29 is 8.85 Å². The third-order valence-corrected chi connectivity index (χ3v) is 5.93. The summed E-state index contributed by atoms with van der Waals surface area (Å²) in [5.74, 6) is 0. The summed E-state index contributed by atoms with van der Waals surface area (Å²) in [6.45, 7) is 17.7. The van der Waals surface area contributed by atoms with E-state index in [1.807, 2.05) is 0 Å². The van der Waals surface area contributed by atoms with Crippen LogP contribution in [0.2, 0.25) is 45.8 Å². The van der Waals surface area contributed by atoms with Crippen LogP contribution in [-0.4, -0.2) is 31.6 Å². The van der Waals surface area contributed by atoms with Crippen molar-refractivity contribution in [2.45, 2.75) is 58.2 Å². The van der Waals surface area contributed by atoms with Crippen LogP contribution in [0, 0.1) is 0 Å². The van der Waals surface area contributed by atoms with Gasteiger partial charge in [0, 0.05) is 0 Å². The van der Waals surface area contributed by atoms with E-state index >= 15 is 0 Å². The van der Waals surface area contributed by atoms with Crippen molar-refractivity contribution in [1.29, 1.82) is 0 Å². The van der Waals surface area contributed by atoms with Gasteiger partial charge in [-0.05, 0) is 46.2 Å². The van der Waals surface area contributed by atoms with E-state index in [1.165, 1.54) is 0 Å². The van der Waals surface area contributed by atoms with Gasteiger partial charge < -0.3 is 8.85 Å². The second-order valence-electron chi connectivity index (χ2n) is 5.92. The summed E-state index contributed by atoms with van der Waals surface area (Å²) in [6.07, 6.45) is 0. The van der Waals surface area contributed by atoms with E-state index in [2.05, 4.69) is 52.8 Å². The van der Waals surface area contributed by atoms with Crippen LogP contribution in [0.15, 0.2) is 0 Å². The van der Waals surface area contributed by atoms with Gasteiger partial charge in [-0.3, -0.25) is 0 Å². The van der Waals surface area contributed by atoms with Gasteiger partial charge in [-0.2, -0.15) is 0 Å². The maximum Gasteiger partial charge on any atom is 0.187 e. The van der Waals surface area contributed by atoms with Gasteiger partial charge in [0.1, 0.15) is 5.41 Å². The van der Waals surface area contributed by atoms with Gasteiger partial charge in [0.05, 0.1) is 9.52 Å². The van der Waals surface area contributed by atoms with Crippen LogP contribution in [0.1, 0.15) is 6.92 Å². The predicted octanol–water partition coefficient (Wildman–Crippen LogP) is 2.58. The van der Waals surface area contributed by atoms with Gasteiger partial charge in [-0.25, -0.2) is 0 Å². The Labute approximate surface area is 93.5 Å². The van der Waals surface area contributed by atoms with E-state index in [-0.39, 0.29) is 14.9 Å². The molecule has 0 fully saturated rings. The lowest BCUT2D eigenvalue weighted by Crippen LogP contribution is -2.51. The minimum absolute atomic E-state index is 0.227. The Morgan fingerprint density at radius 1 is 0.857 bits per heavy atom. The lowest BCUT2D eigenvalue weighted by molar-refractivity contribution is -0.0382. The molecule has 0 bridgehead atoms. The lowest BCUT2D eigenvalue weighted by atomic mass is 10.8. The summed E-state index contributed by atoms with van der Waals surface area (Å²) >= 11 is 0. The predicted molar refractivity (Wildman–Crippen MR) is 71.7 cm³/mol. The van der Waals surface area contributed by atoms with Gasteiger partial charge in [0.25, 0.3) is 0 Å². The van der Waals surface area contributed by atoms with Crippen LogP contribution < -0.4 is 0 Å². The van der Waals surface area contributed by atoms with Crippen molar-refractivity contribution >= 4 is 26.2 Å². The summed E-state index contributed by atoms with van der Waals surface area (Å²) in [5, 5.41) is 0. The molecule has 2 nitrogen and oxygen atoms in total. The summed E-state index contributed by atoms with van der Waals surface area (Å²) in [7, 11) is -3.27. The molecule has 86 valence electrons. The van der Waals surface area contributed by atoms with Gasteiger partial charge >= 0.3 is 0 Å². The molecule has 0 heterocycles. The highest BCUT2D eigenvalue weighted by molar-refractivity contribution is 6.72. The third-order valence-electron chi connectivity index (χ3n) is 1.69. The second-order valence-corrected chi connectivity index (χ2v) is 16.8. The highest BCUT2D eigenvalue weighted by Gasteiger charge is 2.34. The van der Waals surface area contributed by atoms with E-state index < -0.39 is 16.6 Å². The number of rotatable bonds is 5. The molecule has 0 aliphatic rings. The largest absolute Gasteiger partial charge is 0.395 e. The van der Waals surface area contributed by atoms with Crippen molar-refractivity contribution in [2.24, 2.45) is 0 Å². The molecule has 0 aromatic heterocycles. The maximum absolute atomic E-state index is 6.16. The zero-order valence-electron chi connectivity index (χ0n) is 11.0. The Balaban J connectivity index is 4.49. The molecule has 0 aromatic carbocycles. The fourth-order valence-electron chi connectivity index (χ4n) is 1.46. The molecule has 0 aliphatic carbocycles. The molecule has 0 aliphatic heterocycles. The lowest BCUT2D eigenvalue weighted by Gasteiger charge is -2.40. The molecule has 0 rings (SSSR count). The van der Waals surface area contributed by atoms with Crippen LogP contribution >= 0.6 is 0 Å². The first-order valence-corrected chi connectivity index (χ1v) is 14.3. The Morgan fingerprint density at radius 2 is 1.14 bits per heavy atom. The van der Waals surface area contributed by atoms with Crippen molar-refractivity contribution in [2.75, 3.05) is 0 Å². The van der Waals surface area contributed by atoms with Crippen LogP contribution in [-0.2, 0) is 8.85 Å². The Morgan fingerprint density at radius 3 is 1.29 bits per heavy atom. The standard InChI is InChI=1S/C9H26O2Si3/c1-9(12-2,10-13(3,4)5)11-14(6,7)8/h12H2,1-8H3. The van der Waals surface area contributed by atoms with E-state index in [9.17, 15) is 0 Å².